The first kappa shape index (κ1) is 24.1. The molecule has 0 fully saturated rings. The quantitative estimate of drug-likeness (QED) is 0.292. The Morgan fingerprint density at radius 2 is 0.842 bits per heavy atom. The first-order chi connectivity index (χ1) is 18.2. The minimum atomic E-state index is -4.20. The van der Waals surface area contributed by atoms with Gasteiger partial charge in [0.25, 0.3) is 20.0 Å². The van der Waals surface area contributed by atoms with Crippen molar-refractivity contribution in [1.29, 1.82) is 0 Å². The maximum atomic E-state index is 14.1. The van der Waals surface area contributed by atoms with Crippen LogP contribution < -0.4 is 8.61 Å². The SMILES string of the molecule is Cc1ccc(S(=O)(=O)N2c3ccccc3N(S(=O)(=O)c3ccc(C)cc3)c3nc4ccccc4nc32)cc1. The molecule has 0 saturated carbocycles. The molecule has 6 rings (SSSR count). The van der Waals surface area contributed by atoms with E-state index in [2.05, 4.69) is 9.97 Å². The maximum Gasteiger partial charge on any atom is 0.270 e. The fourth-order valence-corrected chi connectivity index (χ4v) is 7.32. The highest BCUT2D eigenvalue weighted by Gasteiger charge is 2.43. The van der Waals surface area contributed by atoms with Crippen molar-refractivity contribution in [3.05, 3.63) is 108 Å². The number of sulfonamides is 2. The van der Waals surface area contributed by atoms with Gasteiger partial charge in [-0.15, -0.1) is 0 Å². The van der Waals surface area contributed by atoms with Gasteiger partial charge >= 0.3 is 0 Å². The van der Waals surface area contributed by atoms with Crippen LogP contribution in [0.25, 0.3) is 11.0 Å². The summed E-state index contributed by atoms with van der Waals surface area (Å²) in [7, 11) is -8.41. The zero-order valence-electron chi connectivity index (χ0n) is 20.5. The molecule has 0 amide bonds. The zero-order chi connectivity index (χ0) is 26.7. The highest BCUT2D eigenvalue weighted by Crippen LogP contribution is 2.51. The minimum Gasteiger partial charge on any atom is -0.224 e. The van der Waals surface area contributed by atoms with Gasteiger partial charge in [0.2, 0.25) is 0 Å². The standard InChI is InChI=1S/C28H22N4O4S2/c1-19-11-15-21(16-12-19)37(33,34)31-25-9-5-6-10-26(25)32(38(35,36)22-17-13-20(2)14-18-22)28-27(31)29-23-7-3-4-8-24(23)30-28/h3-18H,1-2H3. The van der Waals surface area contributed by atoms with Crippen molar-refractivity contribution in [2.75, 3.05) is 8.61 Å². The van der Waals surface area contributed by atoms with Gasteiger partial charge in [0.05, 0.1) is 32.2 Å². The van der Waals surface area contributed by atoms with Crippen LogP contribution in [0.15, 0.2) is 107 Å². The van der Waals surface area contributed by atoms with Crippen molar-refractivity contribution >= 4 is 54.1 Å². The number of anilines is 4. The summed E-state index contributed by atoms with van der Waals surface area (Å²) < 4.78 is 58.6. The van der Waals surface area contributed by atoms with Crippen LogP contribution in [0, 0.1) is 13.8 Å². The monoisotopic (exact) mass is 542 g/mol. The molecule has 0 atom stereocenters. The summed E-state index contributed by atoms with van der Waals surface area (Å²) in [4.78, 5) is 9.41. The lowest BCUT2D eigenvalue weighted by Crippen LogP contribution is -2.38. The molecule has 0 bridgehead atoms. The molecular weight excluding hydrogens is 520 g/mol. The van der Waals surface area contributed by atoms with Crippen molar-refractivity contribution in [2.45, 2.75) is 23.6 Å². The van der Waals surface area contributed by atoms with E-state index in [4.69, 9.17) is 0 Å². The molecule has 38 heavy (non-hydrogen) atoms. The minimum absolute atomic E-state index is 0.0497. The molecule has 0 saturated heterocycles. The number of para-hydroxylation sites is 4. The number of rotatable bonds is 4. The van der Waals surface area contributed by atoms with Crippen molar-refractivity contribution in [3.63, 3.8) is 0 Å². The van der Waals surface area contributed by atoms with E-state index in [0.29, 0.717) is 11.0 Å². The number of benzene rings is 4. The third kappa shape index (κ3) is 3.72. The number of hydrogen-bond donors (Lipinski definition) is 0. The van der Waals surface area contributed by atoms with Gasteiger partial charge in [-0.3, -0.25) is 0 Å². The molecule has 2 heterocycles. The second kappa shape index (κ2) is 8.64. The van der Waals surface area contributed by atoms with Crippen LogP contribution in [0.1, 0.15) is 11.1 Å². The smallest absolute Gasteiger partial charge is 0.224 e. The predicted octanol–water partition coefficient (Wildman–Crippen LogP) is 5.61. The van der Waals surface area contributed by atoms with E-state index >= 15 is 0 Å². The average molecular weight is 543 g/mol. The van der Waals surface area contributed by atoms with Crippen LogP contribution in [-0.4, -0.2) is 26.8 Å². The van der Waals surface area contributed by atoms with Gasteiger partial charge in [0.15, 0.2) is 11.6 Å². The lowest BCUT2D eigenvalue weighted by atomic mass is 10.2. The largest absolute Gasteiger partial charge is 0.270 e. The van der Waals surface area contributed by atoms with E-state index in [0.717, 1.165) is 19.7 Å². The molecule has 190 valence electrons. The summed E-state index contributed by atoms with van der Waals surface area (Å²) >= 11 is 0. The Morgan fingerprint density at radius 1 is 0.500 bits per heavy atom. The van der Waals surface area contributed by atoms with Gasteiger partial charge in [-0.25, -0.2) is 35.4 Å². The third-order valence-electron chi connectivity index (χ3n) is 6.36. The van der Waals surface area contributed by atoms with Crippen LogP contribution in [-0.2, 0) is 20.0 Å². The van der Waals surface area contributed by atoms with E-state index in [-0.39, 0.29) is 32.8 Å². The van der Waals surface area contributed by atoms with Crippen molar-refractivity contribution < 1.29 is 16.8 Å². The Morgan fingerprint density at radius 3 is 1.21 bits per heavy atom. The number of aromatic nitrogens is 2. The molecule has 10 heteroatoms. The highest BCUT2D eigenvalue weighted by atomic mass is 32.2. The molecule has 4 aromatic carbocycles. The number of aryl methyl sites for hydroxylation is 2. The van der Waals surface area contributed by atoms with Crippen molar-refractivity contribution in [2.24, 2.45) is 0 Å². The third-order valence-corrected chi connectivity index (χ3v) is 9.79. The van der Waals surface area contributed by atoms with E-state index in [9.17, 15) is 16.8 Å². The van der Waals surface area contributed by atoms with Crippen molar-refractivity contribution in [1.82, 2.24) is 9.97 Å². The molecular formula is C28H22N4O4S2. The summed E-state index contributed by atoms with van der Waals surface area (Å²) in [5.41, 5.74) is 2.99. The normalized spacial score (nSPS) is 13.3. The van der Waals surface area contributed by atoms with Crippen LogP contribution in [0.3, 0.4) is 0 Å². The Balaban J connectivity index is 1.68. The van der Waals surface area contributed by atoms with Gasteiger partial charge in [-0.1, -0.05) is 59.7 Å². The average Bonchev–Trinajstić information content (AvgIpc) is 2.90. The number of nitrogens with zero attached hydrogens (tertiary/aromatic N) is 4. The van der Waals surface area contributed by atoms with Crippen LogP contribution >= 0.6 is 0 Å². The molecule has 1 aliphatic heterocycles. The van der Waals surface area contributed by atoms with Crippen LogP contribution in [0.5, 0.6) is 0 Å². The summed E-state index contributed by atoms with van der Waals surface area (Å²) in [6, 6.07) is 26.3. The highest BCUT2D eigenvalue weighted by molar-refractivity contribution is 7.94. The Hall–Kier alpha value is -4.28. The molecule has 0 aliphatic carbocycles. The van der Waals surface area contributed by atoms with E-state index in [1.54, 1.807) is 72.8 Å². The summed E-state index contributed by atoms with van der Waals surface area (Å²) in [5, 5.41) is 0. The first-order valence-electron chi connectivity index (χ1n) is 11.8. The van der Waals surface area contributed by atoms with Gasteiger partial charge < -0.3 is 0 Å². The topological polar surface area (TPSA) is 101 Å². The molecule has 8 nitrogen and oxygen atoms in total. The molecule has 0 radical (unpaired) electrons. The van der Waals surface area contributed by atoms with E-state index in [1.807, 2.05) is 13.8 Å². The molecule has 1 aliphatic rings. The van der Waals surface area contributed by atoms with Crippen molar-refractivity contribution in [3.8, 4) is 0 Å². The fraction of sp³-hybridized carbons (Fsp3) is 0.0714. The molecule has 0 spiro atoms. The number of hydrogen-bond acceptors (Lipinski definition) is 6. The van der Waals surface area contributed by atoms with Crippen LogP contribution in [0.4, 0.5) is 23.0 Å². The Labute approximate surface area is 220 Å². The zero-order valence-corrected chi connectivity index (χ0v) is 22.1. The van der Waals surface area contributed by atoms with Gasteiger partial charge in [-0.2, -0.15) is 0 Å². The van der Waals surface area contributed by atoms with Gasteiger partial charge in [-0.05, 0) is 62.4 Å². The molecule has 0 unspecified atom stereocenters. The number of fused-ring (bicyclic) bond motifs is 3. The van der Waals surface area contributed by atoms with Gasteiger partial charge in [0.1, 0.15) is 0 Å². The summed E-state index contributed by atoms with van der Waals surface area (Å²) in [5.74, 6) is -0.197. The summed E-state index contributed by atoms with van der Waals surface area (Å²) in [6.45, 7) is 3.74. The molecule has 0 N–H and O–H groups in total. The molecule has 5 aromatic rings. The first-order valence-corrected chi connectivity index (χ1v) is 14.7. The van der Waals surface area contributed by atoms with E-state index in [1.165, 1.54) is 24.3 Å². The maximum absolute atomic E-state index is 14.1. The van der Waals surface area contributed by atoms with Crippen LogP contribution in [0.2, 0.25) is 0 Å². The van der Waals surface area contributed by atoms with Gasteiger partial charge in [0, 0.05) is 0 Å². The Bertz CT molecular complexity index is 1780. The Kier molecular flexibility index (Phi) is 5.48. The fourth-order valence-electron chi connectivity index (χ4n) is 4.41. The predicted molar refractivity (Wildman–Crippen MR) is 147 cm³/mol. The van der Waals surface area contributed by atoms with E-state index < -0.39 is 20.0 Å². The molecule has 1 aromatic heterocycles. The second-order valence-corrected chi connectivity index (χ2v) is 12.6. The summed E-state index contributed by atoms with van der Waals surface area (Å²) in [6.07, 6.45) is 0. The lowest BCUT2D eigenvalue weighted by molar-refractivity contribution is 0.591. The lowest BCUT2D eigenvalue weighted by Gasteiger charge is -2.36. The second-order valence-electron chi connectivity index (χ2n) is 9.01.